The molecule has 1 aliphatic rings. The van der Waals surface area contributed by atoms with Gasteiger partial charge in [-0.3, -0.25) is 4.79 Å². The van der Waals surface area contributed by atoms with Crippen molar-refractivity contribution in [3.8, 4) is 0 Å². The number of nitrogens with one attached hydrogen (secondary N) is 1. The van der Waals surface area contributed by atoms with Crippen LogP contribution in [0, 0.1) is 13.8 Å². The van der Waals surface area contributed by atoms with E-state index in [1.165, 1.54) is 11.1 Å². The van der Waals surface area contributed by atoms with Gasteiger partial charge in [0.15, 0.2) is 9.84 Å². The van der Waals surface area contributed by atoms with Crippen LogP contribution in [0.5, 0.6) is 0 Å². The van der Waals surface area contributed by atoms with Crippen molar-refractivity contribution in [1.82, 2.24) is 14.9 Å². The van der Waals surface area contributed by atoms with Gasteiger partial charge in [-0.1, -0.05) is 0 Å². The maximum absolute atomic E-state index is 12.4. The number of aryl methyl sites for hydroxylation is 2. The molecule has 3 heterocycles. The third-order valence-corrected chi connectivity index (χ3v) is 7.04. The van der Waals surface area contributed by atoms with Gasteiger partial charge < -0.3 is 10.2 Å². The van der Waals surface area contributed by atoms with Crippen molar-refractivity contribution in [1.29, 1.82) is 0 Å². The predicted octanol–water partition coefficient (Wildman–Crippen LogP) is 1.68. The fraction of sp³-hybridized carbons (Fsp3) is 0.471. The molecule has 0 atom stereocenters. The first-order valence-electron chi connectivity index (χ1n) is 8.46. The van der Waals surface area contributed by atoms with Crippen molar-refractivity contribution in [2.24, 2.45) is 0 Å². The smallest absolute Gasteiger partial charge is 0.255 e. The molecule has 26 heavy (non-hydrogen) atoms. The molecule has 1 N–H and O–H groups in total. The van der Waals surface area contributed by atoms with Gasteiger partial charge in [-0.25, -0.2) is 18.4 Å². The Balaban J connectivity index is 1.53. The molecule has 0 bridgehead atoms. The molecule has 7 nitrogen and oxygen atoms in total. The number of anilines is 1. The number of carbonyl (C=O) groups is 1. The Morgan fingerprint density at radius 2 is 2.00 bits per heavy atom. The zero-order chi connectivity index (χ0) is 18.7. The van der Waals surface area contributed by atoms with Gasteiger partial charge in [-0.2, -0.15) is 0 Å². The number of pyridine rings is 1. The van der Waals surface area contributed by atoms with Gasteiger partial charge in [0.2, 0.25) is 0 Å². The second-order valence-electron chi connectivity index (χ2n) is 6.29. The van der Waals surface area contributed by atoms with Crippen LogP contribution in [-0.4, -0.2) is 60.3 Å². The second-order valence-corrected chi connectivity index (χ2v) is 9.89. The number of nitrogens with zero attached hydrogens (tertiary/aromatic N) is 3. The lowest BCUT2D eigenvalue weighted by molar-refractivity contribution is 0.0770. The van der Waals surface area contributed by atoms with Gasteiger partial charge in [0.25, 0.3) is 5.91 Å². The molecule has 0 saturated carbocycles. The van der Waals surface area contributed by atoms with Crippen molar-refractivity contribution in [2.45, 2.75) is 20.3 Å². The van der Waals surface area contributed by atoms with E-state index in [0.29, 0.717) is 11.4 Å². The molecule has 0 aromatic carbocycles. The third kappa shape index (κ3) is 4.59. The molecule has 0 spiro atoms. The molecule has 1 aliphatic heterocycles. The maximum atomic E-state index is 12.4. The largest absolute Gasteiger partial charge is 0.370 e. The molecule has 0 aliphatic carbocycles. The Morgan fingerprint density at radius 3 is 2.58 bits per heavy atom. The quantitative estimate of drug-likeness (QED) is 0.829. The van der Waals surface area contributed by atoms with E-state index >= 15 is 0 Å². The third-order valence-electron chi connectivity index (χ3n) is 4.30. The molecule has 9 heteroatoms. The summed E-state index contributed by atoms with van der Waals surface area (Å²) in [6.45, 7) is 5.25. The van der Waals surface area contributed by atoms with E-state index in [9.17, 15) is 13.2 Å². The molecular formula is C17H22N4O3S2. The molecule has 140 valence electrons. The normalized spacial score (nSPS) is 16.5. The Bertz CT molecular complexity index is 877. The monoisotopic (exact) mass is 394 g/mol. The van der Waals surface area contributed by atoms with Gasteiger partial charge >= 0.3 is 0 Å². The number of amides is 1. The van der Waals surface area contributed by atoms with E-state index in [-0.39, 0.29) is 30.5 Å². The highest BCUT2D eigenvalue weighted by molar-refractivity contribution is 7.91. The average molecular weight is 395 g/mol. The predicted molar refractivity (Wildman–Crippen MR) is 103 cm³/mol. The standard InChI is InChI=1S/C17H22N4O3S2/c1-12-15(25-13(2)20-12)5-6-18-16-4-3-14(11-19-16)17(22)21-7-9-26(23,24)10-8-21/h3-4,11H,5-10H2,1-2H3,(H,18,19). The van der Waals surface area contributed by atoms with E-state index in [0.717, 1.165) is 23.7 Å². The zero-order valence-electron chi connectivity index (χ0n) is 14.9. The Kier molecular flexibility index (Phi) is 5.57. The zero-order valence-corrected chi connectivity index (χ0v) is 16.5. The van der Waals surface area contributed by atoms with E-state index in [4.69, 9.17) is 0 Å². The molecule has 1 saturated heterocycles. The summed E-state index contributed by atoms with van der Waals surface area (Å²) in [7, 11) is -3.00. The van der Waals surface area contributed by atoms with Crippen LogP contribution in [-0.2, 0) is 16.3 Å². The van der Waals surface area contributed by atoms with Gasteiger partial charge in [0, 0.05) is 37.1 Å². The molecule has 3 rings (SSSR count). The molecular weight excluding hydrogens is 372 g/mol. The van der Waals surface area contributed by atoms with Gasteiger partial charge in [-0.15, -0.1) is 11.3 Å². The number of aromatic nitrogens is 2. The second kappa shape index (κ2) is 7.71. The minimum atomic E-state index is -3.00. The van der Waals surface area contributed by atoms with Crippen molar-refractivity contribution in [3.05, 3.63) is 39.5 Å². The summed E-state index contributed by atoms with van der Waals surface area (Å²) >= 11 is 1.71. The lowest BCUT2D eigenvalue weighted by Gasteiger charge is -2.26. The van der Waals surface area contributed by atoms with Crippen molar-refractivity contribution in [2.75, 3.05) is 36.5 Å². The SMILES string of the molecule is Cc1nc(C)c(CCNc2ccc(C(=O)N3CCS(=O)(=O)CC3)cn2)s1. The summed E-state index contributed by atoms with van der Waals surface area (Å²) in [6.07, 6.45) is 2.41. The molecule has 0 radical (unpaired) electrons. The van der Waals surface area contributed by atoms with Crippen molar-refractivity contribution < 1.29 is 13.2 Å². The fourth-order valence-electron chi connectivity index (χ4n) is 2.83. The highest BCUT2D eigenvalue weighted by Crippen LogP contribution is 2.18. The van der Waals surface area contributed by atoms with Crippen LogP contribution < -0.4 is 5.32 Å². The van der Waals surface area contributed by atoms with Crippen molar-refractivity contribution in [3.63, 3.8) is 0 Å². The minimum Gasteiger partial charge on any atom is -0.370 e. The Hall–Kier alpha value is -2.00. The van der Waals surface area contributed by atoms with Crippen LogP contribution in [0.15, 0.2) is 18.3 Å². The average Bonchev–Trinajstić information content (AvgIpc) is 2.92. The lowest BCUT2D eigenvalue weighted by atomic mass is 10.2. The molecule has 1 fully saturated rings. The number of hydrogen-bond donors (Lipinski definition) is 1. The van der Waals surface area contributed by atoms with Gasteiger partial charge in [0.05, 0.1) is 27.8 Å². The fourth-order valence-corrected chi connectivity index (χ4v) is 4.97. The summed E-state index contributed by atoms with van der Waals surface area (Å²) in [5.41, 5.74) is 1.55. The van der Waals surface area contributed by atoms with Crippen LogP contribution in [0.3, 0.4) is 0 Å². The summed E-state index contributed by atoms with van der Waals surface area (Å²) in [6, 6.07) is 3.50. The van der Waals surface area contributed by atoms with Crippen LogP contribution in [0.1, 0.15) is 25.9 Å². The van der Waals surface area contributed by atoms with Gasteiger partial charge in [0.1, 0.15) is 5.82 Å². The van der Waals surface area contributed by atoms with Crippen LogP contribution in [0.25, 0.3) is 0 Å². The number of carbonyl (C=O) groups excluding carboxylic acids is 1. The highest BCUT2D eigenvalue weighted by Gasteiger charge is 2.25. The number of sulfone groups is 1. The van der Waals surface area contributed by atoms with E-state index < -0.39 is 9.84 Å². The van der Waals surface area contributed by atoms with Crippen LogP contribution in [0.4, 0.5) is 5.82 Å². The van der Waals surface area contributed by atoms with Crippen LogP contribution in [0.2, 0.25) is 0 Å². The first-order valence-corrected chi connectivity index (χ1v) is 11.1. The highest BCUT2D eigenvalue weighted by atomic mass is 32.2. The Morgan fingerprint density at radius 1 is 1.27 bits per heavy atom. The Labute approximate surface area is 157 Å². The molecule has 1 amide bonds. The first-order chi connectivity index (χ1) is 12.3. The minimum absolute atomic E-state index is 0.0300. The topological polar surface area (TPSA) is 92.3 Å². The van der Waals surface area contributed by atoms with E-state index in [1.54, 1.807) is 28.4 Å². The maximum Gasteiger partial charge on any atom is 0.255 e. The summed E-state index contributed by atoms with van der Waals surface area (Å²) < 4.78 is 22.9. The number of thiazole rings is 1. The first kappa shape index (κ1) is 18.8. The van der Waals surface area contributed by atoms with E-state index in [1.807, 2.05) is 13.8 Å². The number of rotatable bonds is 5. The van der Waals surface area contributed by atoms with Crippen molar-refractivity contribution >= 4 is 32.9 Å². The summed E-state index contributed by atoms with van der Waals surface area (Å²) in [4.78, 5) is 24.0. The van der Waals surface area contributed by atoms with Gasteiger partial charge in [-0.05, 0) is 26.0 Å². The summed E-state index contributed by atoms with van der Waals surface area (Å²) in [5, 5.41) is 4.32. The van der Waals surface area contributed by atoms with E-state index in [2.05, 4.69) is 15.3 Å². The number of hydrogen-bond acceptors (Lipinski definition) is 7. The molecule has 0 unspecified atom stereocenters. The lowest BCUT2D eigenvalue weighted by Crippen LogP contribution is -2.43. The molecule has 2 aromatic rings. The molecule has 2 aromatic heterocycles. The van der Waals surface area contributed by atoms with Crippen LogP contribution >= 0.6 is 11.3 Å². The summed E-state index contributed by atoms with van der Waals surface area (Å²) in [5.74, 6) is 0.598.